The lowest BCUT2D eigenvalue weighted by Crippen LogP contribution is -2.61. The lowest BCUT2D eigenvalue weighted by atomic mass is 9.98. The molecule has 12 nitrogen and oxygen atoms in total. The fourth-order valence-corrected chi connectivity index (χ4v) is 7.81. The summed E-state index contributed by atoms with van der Waals surface area (Å²) >= 11 is 0. The zero-order valence-electron chi connectivity index (χ0n) is 47.4. The average molecular weight is 1070 g/mol. The van der Waals surface area contributed by atoms with Crippen LogP contribution in [0, 0.1) is 0 Å². The number of carbonyl (C=O) groups excluding carboxylic acids is 3. The molecule has 1 heterocycles. The van der Waals surface area contributed by atoms with Crippen molar-refractivity contribution in [3.8, 4) is 0 Å². The lowest BCUT2D eigenvalue weighted by Gasteiger charge is -2.40. The summed E-state index contributed by atoms with van der Waals surface area (Å²) in [6, 6.07) is 0. The van der Waals surface area contributed by atoms with Crippen LogP contribution < -0.4 is 0 Å². The highest BCUT2D eigenvalue weighted by atomic mass is 16.7. The highest BCUT2D eigenvalue weighted by Crippen LogP contribution is 2.26. The Kier molecular flexibility index (Phi) is 46.8. The highest BCUT2D eigenvalue weighted by molar-refractivity contribution is 5.74. The predicted octanol–water partition coefficient (Wildman–Crippen LogP) is 15.0. The molecule has 0 aromatic heterocycles. The molecular weight excluding hydrogens is 973 g/mol. The maximum Gasteiger partial charge on any atom is 0.335 e. The van der Waals surface area contributed by atoms with E-state index >= 15 is 0 Å². The van der Waals surface area contributed by atoms with Gasteiger partial charge in [-0.15, -0.1) is 0 Å². The summed E-state index contributed by atoms with van der Waals surface area (Å²) in [6.45, 7) is 5.64. The molecule has 6 unspecified atom stereocenters. The van der Waals surface area contributed by atoms with Crippen LogP contribution >= 0.6 is 0 Å². The Balaban J connectivity index is 2.78. The maximum absolute atomic E-state index is 13.1. The fraction of sp³-hybridized carbons (Fsp3) is 0.600. The van der Waals surface area contributed by atoms with E-state index in [1.165, 1.54) is 38.5 Å². The SMILES string of the molecule is CC/C=C\C/C=C\C/C=C\C/C=C\C/C=C\C/C=C\CCC(=O)OC1C(OCC(COC(=O)CCCCCCC/C=C\CCCCCCCC)OC(=O)CC/C=C\C/C=C\C/C=C\C/C=C\CC)OC(C(=O)O)C(O)C1O. The van der Waals surface area contributed by atoms with Crippen LogP contribution in [0.1, 0.15) is 201 Å². The molecule has 0 aromatic carbocycles. The molecule has 0 radical (unpaired) electrons. The van der Waals surface area contributed by atoms with Gasteiger partial charge in [0.2, 0.25) is 0 Å². The molecule has 0 spiro atoms. The molecule has 77 heavy (non-hydrogen) atoms. The number of carboxylic acids is 1. The molecule has 1 saturated heterocycles. The monoisotopic (exact) mass is 1070 g/mol. The number of unbranched alkanes of at least 4 members (excludes halogenated alkanes) is 11. The minimum absolute atomic E-state index is 0.0243. The number of allylic oxidation sites excluding steroid dienone is 22. The quantitative estimate of drug-likeness (QED) is 0.0228. The maximum atomic E-state index is 13.1. The van der Waals surface area contributed by atoms with Crippen LogP contribution in [-0.2, 0) is 42.9 Å². The summed E-state index contributed by atoms with van der Waals surface area (Å²) in [6.07, 6.45) is 60.2. The second-order valence-corrected chi connectivity index (χ2v) is 19.2. The minimum atomic E-state index is -1.95. The molecule has 1 fully saturated rings. The van der Waals surface area contributed by atoms with E-state index in [1.54, 1.807) is 0 Å². The summed E-state index contributed by atoms with van der Waals surface area (Å²) < 4.78 is 28.2. The number of aliphatic carboxylic acids is 1. The Bertz CT molecular complexity index is 1850. The standard InChI is InChI=1S/C65H100O12/c1-4-7-10-13-16-19-22-25-27-28-29-30-32-35-38-41-44-47-50-53-59(68)76-63-61(70)60(69)62(64(71)72)77-65(63)74-55-56(75-58(67)52-49-46-43-40-37-33-24-21-18-15-12-9-6-3)54-73-57(66)51-48-45-42-39-36-34-31-26-23-20-17-14-11-8-5-2/h7,9-10,12,16,18-19,21,25-27,29-31,33,35,37-38,43-44,46-47,56,60-63,65,69-70H,4-6,8,11,13-15,17,20,22-24,28,32,34,36,39-42,45,48-55H2,1-3H3,(H,71,72)/b10-7-,12-9-,19-16-,21-18-,27-25-,30-29-,31-26-,37-33-,38-35-,46-43-,47-44-. The Morgan fingerprint density at radius 1 is 0.442 bits per heavy atom. The van der Waals surface area contributed by atoms with Crippen LogP contribution in [-0.4, -0.2) is 89.2 Å². The van der Waals surface area contributed by atoms with Crippen molar-refractivity contribution in [2.45, 2.75) is 237 Å². The summed E-state index contributed by atoms with van der Waals surface area (Å²) in [7, 11) is 0. The third kappa shape index (κ3) is 41.6. The molecule has 0 amide bonds. The summed E-state index contributed by atoms with van der Waals surface area (Å²) in [5.41, 5.74) is 0. The number of hydrogen-bond acceptors (Lipinski definition) is 11. The first-order valence-electron chi connectivity index (χ1n) is 29.2. The second-order valence-electron chi connectivity index (χ2n) is 19.2. The van der Waals surface area contributed by atoms with Crippen molar-refractivity contribution in [2.75, 3.05) is 13.2 Å². The zero-order valence-corrected chi connectivity index (χ0v) is 47.4. The van der Waals surface area contributed by atoms with Crippen molar-refractivity contribution in [1.29, 1.82) is 0 Å². The van der Waals surface area contributed by atoms with Gasteiger partial charge in [-0.25, -0.2) is 4.79 Å². The van der Waals surface area contributed by atoms with E-state index in [0.717, 1.165) is 89.9 Å². The van der Waals surface area contributed by atoms with E-state index in [1.807, 2.05) is 30.4 Å². The molecule has 0 aliphatic carbocycles. The number of esters is 3. The van der Waals surface area contributed by atoms with E-state index in [-0.39, 0.29) is 25.9 Å². The molecular formula is C65H100O12. The first-order chi connectivity index (χ1) is 37.6. The number of carbonyl (C=O) groups is 4. The zero-order chi connectivity index (χ0) is 56.1. The van der Waals surface area contributed by atoms with Gasteiger partial charge in [-0.1, -0.05) is 206 Å². The van der Waals surface area contributed by atoms with Gasteiger partial charge in [-0.05, 0) is 109 Å². The molecule has 432 valence electrons. The average Bonchev–Trinajstić information content (AvgIpc) is 3.42. The Labute approximate surface area is 464 Å². The first-order valence-corrected chi connectivity index (χ1v) is 29.2. The molecule has 1 aliphatic rings. The summed E-state index contributed by atoms with van der Waals surface area (Å²) in [5, 5.41) is 31.4. The molecule has 6 atom stereocenters. The van der Waals surface area contributed by atoms with Crippen molar-refractivity contribution in [3.05, 3.63) is 134 Å². The summed E-state index contributed by atoms with van der Waals surface area (Å²) in [5.74, 6) is -3.37. The van der Waals surface area contributed by atoms with Crippen molar-refractivity contribution < 1.29 is 58.2 Å². The molecule has 12 heteroatoms. The van der Waals surface area contributed by atoms with Gasteiger partial charge in [-0.2, -0.15) is 0 Å². The van der Waals surface area contributed by atoms with Crippen molar-refractivity contribution in [1.82, 2.24) is 0 Å². The van der Waals surface area contributed by atoms with Crippen LogP contribution in [0.25, 0.3) is 0 Å². The number of aliphatic hydroxyl groups excluding tert-OH is 2. The topological polar surface area (TPSA) is 175 Å². The highest BCUT2D eigenvalue weighted by Gasteiger charge is 2.50. The second kappa shape index (κ2) is 51.6. The Morgan fingerprint density at radius 3 is 1.30 bits per heavy atom. The van der Waals surface area contributed by atoms with Crippen LogP contribution in [0.15, 0.2) is 134 Å². The first kappa shape index (κ1) is 69.9. The van der Waals surface area contributed by atoms with Crippen LogP contribution in [0.3, 0.4) is 0 Å². The molecule has 0 saturated carbocycles. The van der Waals surface area contributed by atoms with Gasteiger partial charge in [0.15, 0.2) is 24.6 Å². The number of carboxylic acid groups (broad SMARTS) is 1. The third-order valence-corrected chi connectivity index (χ3v) is 12.2. The van der Waals surface area contributed by atoms with Gasteiger partial charge in [0.25, 0.3) is 0 Å². The lowest BCUT2D eigenvalue weighted by molar-refractivity contribution is -0.301. The van der Waals surface area contributed by atoms with E-state index < -0.39 is 67.3 Å². The van der Waals surface area contributed by atoms with Gasteiger partial charge < -0.3 is 39.0 Å². The molecule has 1 aliphatic heterocycles. The van der Waals surface area contributed by atoms with Crippen LogP contribution in [0.5, 0.6) is 0 Å². The van der Waals surface area contributed by atoms with Gasteiger partial charge >= 0.3 is 23.9 Å². The molecule has 3 N–H and O–H groups in total. The Morgan fingerprint density at radius 2 is 0.844 bits per heavy atom. The number of hydrogen-bond donors (Lipinski definition) is 3. The van der Waals surface area contributed by atoms with Crippen molar-refractivity contribution in [3.63, 3.8) is 0 Å². The number of aliphatic hydroxyl groups is 2. The van der Waals surface area contributed by atoms with Crippen LogP contribution in [0.4, 0.5) is 0 Å². The van der Waals surface area contributed by atoms with E-state index in [2.05, 4.69) is 124 Å². The predicted molar refractivity (Wildman–Crippen MR) is 312 cm³/mol. The smallest absolute Gasteiger partial charge is 0.335 e. The van der Waals surface area contributed by atoms with Crippen molar-refractivity contribution in [2.24, 2.45) is 0 Å². The van der Waals surface area contributed by atoms with Gasteiger partial charge in [0, 0.05) is 19.3 Å². The Hall–Kier alpha value is -5.14. The number of ether oxygens (including phenoxy) is 5. The largest absolute Gasteiger partial charge is 0.479 e. The van der Waals surface area contributed by atoms with Gasteiger partial charge in [0.1, 0.15) is 18.8 Å². The molecule has 0 bridgehead atoms. The van der Waals surface area contributed by atoms with E-state index in [4.69, 9.17) is 23.7 Å². The van der Waals surface area contributed by atoms with Crippen LogP contribution in [0.2, 0.25) is 0 Å². The minimum Gasteiger partial charge on any atom is -0.479 e. The normalized spacial score (nSPS) is 19.0. The fourth-order valence-electron chi connectivity index (χ4n) is 7.81. The molecule has 0 aromatic rings. The molecule has 1 rings (SSSR count). The number of rotatable bonds is 47. The summed E-state index contributed by atoms with van der Waals surface area (Å²) in [4.78, 5) is 51.0. The van der Waals surface area contributed by atoms with Gasteiger partial charge in [-0.3, -0.25) is 14.4 Å². The van der Waals surface area contributed by atoms with E-state index in [9.17, 15) is 34.5 Å². The van der Waals surface area contributed by atoms with Crippen molar-refractivity contribution >= 4 is 23.9 Å². The van der Waals surface area contributed by atoms with Gasteiger partial charge in [0.05, 0.1) is 6.61 Å². The van der Waals surface area contributed by atoms with E-state index in [0.29, 0.717) is 32.1 Å². The third-order valence-electron chi connectivity index (χ3n) is 12.2.